The van der Waals surface area contributed by atoms with Crippen LogP contribution in [-0.4, -0.2) is 62.6 Å². The topological polar surface area (TPSA) is 109 Å². The van der Waals surface area contributed by atoms with E-state index in [1.807, 2.05) is 0 Å². The van der Waals surface area contributed by atoms with Crippen LogP contribution in [0, 0.1) is 0 Å². The Bertz CT molecular complexity index is 494. The summed E-state index contributed by atoms with van der Waals surface area (Å²) in [5.74, 6) is -1.90. The molecule has 1 rings (SSSR count). The van der Waals surface area contributed by atoms with E-state index in [4.69, 9.17) is 5.11 Å². The van der Waals surface area contributed by atoms with E-state index in [1.54, 1.807) is 0 Å². The number of aliphatic carboxylic acids is 1. The van der Waals surface area contributed by atoms with Gasteiger partial charge in [-0.15, -0.1) is 0 Å². The fourth-order valence-corrected chi connectivity index (χ4v) is 4.87. The van der Waals surface area contributed by atoms with Crippen LogP contribution in [0.5, 0.6) is 0 Å². The van der Waals surface area contributed by atoms with Gasteiger partial charge in [0.1, 0.15) is 0 Å². The lowest BCUT2D eigenvalue weighted by molar-refractivity contribution is -0.136. The Morgan fingerprint density at radius 1 is 1.47 bits per heavy atom. The van der Waals surface area contributed by atoms with Crippen LogP contribution in [0.15, 0.2) is 0 Å². The molecule has 7 nitrogen and oxygen atoms in total. The molecule has 0 saturated carbocycles. The van der Waals surface area contributed by atoms with Crippen molar-refractivity contribution >= 4 is 25.8 Å². The van der Waals surface area contributed by atoms with Crippen molar-refractivity contribution in [1.29, 1.82) is 0 Å². The predicted molar refractivity (Wildman–Crippen MR) is 60.9 cm³/mol. The smallest absolute Gasteiger partial charge is 0.304 e. The summed E-state index contributed by atoms with van der Waals surface area (Å²) in [4.78, 5) is 10.3. The van der Waals surface area contributed by atoms with Gasteiger partial charge in [-0.3, -0.25) is 4.79 Å². The van der Waals surface area contributed by atoms with E-state index in [0.29, 0.717) is 0 Å². The Morgan fingerprint density at radius 2 is 2.06 bits per heavy atom. The predicted octanol–water partition coefficient (Wildman–Crippen LogP) is -1.09. The highest BCUT2D eigenvalue weighted by Crippen LogP contribution is 2.19. The van der Waals surface area contributed by atoms with Gasteiger partial charge in [-0.25, -0.2) is 21.1 Å². The Labute approximate surface area is 100 Å². The Hall–Kier alpha value is -0.670. The van der Waals surface area contributed by atoms with Gasteiger partial charge in [0.05, 0.1) is 23.7 Å². The highest BCUT2D eigenvalue weighted by molar-refractivity contribution is 7.92. The number of carbonyl (C=O) groups is 1. The molecule has 1 aliphatic rings. The summed E-state index contributed by atoms with van der Waals surface area (Å²) >= 11 is 0. The molecule has 1 heterocycles. The van der Waals surface area contributed by atoms with E-state index < -0.39 is 44.0 Å². The highest BCUT2D eigenvalue weighted by Gasteiger charge is 2.35. The van der Waals surface area contributed by atoms with E-state index in [-0.39, 0.29) is 17.9 Å². The molecular weight excluding hydrogens is 270 g/mol. The number of rotatable bonds is 5. The summed E-state index contributed by atoms with van der Waals surface area (Å²) in [5, 5.41) is 8.43. The van der Waals surface area contributed by atoms with Crippen molar-refractivity contribution in [2.75, 3.05) is 24.3 Å². The van der Waals surface area contributed by atoms with Crippen molar-refractivity contribution in [3.8, 4) is 0 Å². The average Bonchev–Trinajstić information content (AvgIpc) is 2.55. The maximum Gasteiger partial charge on any atom is 0.304 e. The van der Waals surface area contributed by atoms with Crippen LogP contribution in [0.4, 0.5) is 0 Å². The summed E-state index contributed by atoms with van der Waals surface area (Å²) < 4.78 is 46.8. The van der Waals surface area contributed by atoms with E-state index in [0.717, 1.165) is 4.31 Å². The van der Waals surface area contributed by atoms with Crippen molar-refractivity contribution in [1.82, 2.24) is 4.31 Å². The van der Waals surface area contributed by atoms with Gasteiger partial charge in [-0.2, -0.15) is 0 Å². The third kappa shape index (κ3) is 3.93. The van der Waals surface area contributed by atoms with Crippen molar-refractivity contribution in [2.45, 2.75) is 18.9 Å². The molecule has 0 aliphatic carbocycles. The first-order valence-electron chi connectivity index (χ1n) is 5.02. The zero-order valence-corrected chi connectivity index (χ0v) is 11.0. The lowest BCUT2D eigenvalue weighted by Gasteiger charge is -2.22. The van der Waals surface area contributed by atoms with E-state index in [1.165, 1.54) is 7.05 Å². The minimum absolute atomic E-state index is 0.0174. The number of carboxylic acids is 1. The molecule has 0 bridgehead atoms. The molecule has 1 saturated heterocycles. The quantitative estimate of drug-likeness (QED) is 0.687. The number of hydrogen-bond donors (Lipinski definition) is 1. The van der Waals surface area contributed by atoms with Crippen molar-refractivity contribution < 1.29 is 26.7 Å². The van der Waals surface area contributed by atoms with Crippen LogP contribution >= 0.6 is 0 Å². The summed E-state index contributed by atoms with van der Waals surface area (Å²) in [6.45, 7) is 0. The lowest BCUT2D eigenvalue weighted by Crippen LogP contribution is -2.39. The van der Waals surface area contributed by atoms with Gasteiger partial charge in [-0.05, 0) is 6.42 Å². The molecule has 0 amide bonds. The molecule has 100 valence electrons. The second-order valence-corrected chi connectivity index (χ2v) is 8.41. The van der Waals surface area contributed by atoms with Gasteiger partial charge in [0, 0.05) is 13.1 Å². The van der Waals surface area contributed by atoms with Crippen molar-refractivity contribution in [2.24, 2.45) is 0 Å². The maximum absolute atomic E-state index is 11.7. The number of carboxylic acid groups (broad SMARTS) is 1. The van der Waals surface area contributed by atoms with Gasteiger partial charge in [-0.1, -0.05) is 0 Å². The zero-order valence-electron chi connectivity index (χ0n) is 9.37. The first kappa shape index (κ1) is 14.4. The van der Waals surface area contributed by atoms with Crippen LogP contribution in [0.2, 0.25) is 0 Å². The molecule has 0 aromatic rings. The van der Waals surface area contributed by atoms with Crippen LogP contribution in [0.1, 0.15) is 12.8 Å². The van der Waals surface area contributed by atoms with Crippen LogP contribution in [0.3, 0.4) is 0 Å². The molecule has 1 aliphatic heterocycles. The summed E-state index contributed by atoms with van der Waals surface area (Å²) in [6, 6.07) is -0.571. The van der Waals surface area contributed by atoms with Gasteiger partial charge < -0.3 is 5.11 Å². The number of sulfonamides is 1. The molecule has 0 aromatic heterocycles. The molecule has 9 heteroatoms. The molecule has 0 radical (unpaired) electrons. The molecule has 0 aromatic carbocycles. The zero-order chi connectivity index (χ0) is 13.3. The second kappa shape index (κ2) is 4.91. The third-order valence-electron chi connectivity index (χ3n) is 2.74. The standard InChI is InChI=1S/C8H15NO6S2/c1-9(7-2-4-16(12,13)6-7)17(14,15)5-3-8(10)11/h7H,2-6H2,1H3,(H,10,11). The Balaban J connectivity index is 2.70. The normalized spacial score (nSPS) is 24.0. The van der Waals surface area contributed by atoms with E-state index >= 15 is 0 Å². The molecule has 17 heavy (non-hydrogen) atoms. The van der Waals surface area contributed by atoms with E-state index in [2.05, 4.69) is 0 Å². The number of hydrogen-bond acceptors (Lipinski definition) is 5. The minimum Gasteiger partial charge on any atom is -0.481 e. The van der Waals surface area contributed by atoms with Crippen LogP contribution in [-0.2, 0) is 24.7 Å². The fourth-order valence-electron chi connectivity index (χ4n) is 1.65. The Kier molecular flexibility index (Phi) is 4.15. The van der Waals surface area contributed by atoms with Crippen LogP contribution < -0.4 is 0 Å². The summed E-state index contributed by atoms with van der Waals surface area (Å²) in [6.07, 6.45) is -0.211. The molecule has 1 atom stereocenters. The summed E-state index contributed by atoms with van der Waals surface area (Å²) in [5.41, 5.74) is 0. The van der Waals surface area contributed by atoms with Crippen molar-refractivity contribution in [3.63, 3.8) is 0 Å². The number of sulfone groups is 1. The molecule has 0 spiro atoms. The first-order valence-corrected chi connectivity index (χ1v) is 8.45. The van der Waals surface area contributed by atoms with Gasteiger partial charge in [0.2, 0.25) is 10.0 Å². The molecule has 1 N–H and O–H groups in total. The van der Waals surface area contributed by atoms with Crippen LogP contribution in [0.25, 0.3) is 0 Å². The van der Waals surface area contributed by atoms with Crippen molar-refractivity contribution in [3.05, 3.63) is 0 Å². The summed E-state index contributed by atoms with van der Waals surface area (Å²) in [7, 11) is -5.56. The number of nitrogens with zero attached hydrogens (tertiary/aromatic N) is 1. The highest BCUT2D eigenvalue weighted by atomic mass is 32.2. The SMILES string of the molecule is CN(C1CCS(=O)(=O)C1)S(=O)(=O)CCC(=O)O. The molecule has 1 fully saturated rings. The Morgan fingerprint density at radius 3 is 2.47 bits per heavy atom. The monoisotopic (exact) mass is 285 g/mol. The lowest BCUT2D eigenvalue weighted by atomic mass is 10.3. The molecule has 1 unspecified atom stereocenters. The fraction of sp³-hybridized carbons (Fsp3) is 0.875. The minimum atomic E-state index is -3.70. The first-order chi connectivity index (χ1) is 7.64. The third-order valence-corrected chi connectivity index (χ3v) is 6.38. The molecular formula is C8H15NO6S2. The van der Waals surface area contributed by atoms with Gasteiger partial charge >= 0.3 is 5.97 Å². The largest absolute Gasteiger partial charge is 0.481 e. The maximum atomic E-state index is 11.7. The van der Waals surface area contributed by atoms with Gasteiger partial charge in [0.15, 0.2) is 9.84 Å². The second-order valence-electron chi connectivity index (χ2n) is 4.03. The van der Waals surface area contributed by atoms with Gasteiger partial charge in [0.25, 0.3) is 0 Å². The van der Waals surface area contributed by atoms with E-state index in [9.17, 15) is 21.6 Å². The average molecular weight is 285 g/mol.